The van der Waals surface area contributed by atoms with Crippen LogP contribution in [0.1, 0.15) is 12.5 Å². The fourth-order valence-electron chi connectivity index (χ4n) is 1.59. The van der Waals surface area contributed by atoms with Gasteiger partial charge in [-0.2, -0.15) is 0 Å². The smallest absolute Gasteiger partial charge is 0.271 e. The molecule has 0 spiro atoms. The minimum Gasteiger partial charge on any atom is -0.494 e. The standard InChI is InChI=1S/C13H16N2O3S2/c1-2-18-12-5-3-11(4-6-12)15-20(16,17)13-7-10(8-14)9-19-13/h3-7,9,15H,2,8,14H2,1H3. The molecule has 0 aliphatic carbocycles. The summed E-state index contributed by atoms with van der Waals surface area (Å²) >= 11 is 1.16. The predicted molar refractivity (Wildman–Crippen MR) is 80.6 cm³/mol. The van der Waals surface area contributed by atoms with Crippen LogP contribution in [0.2, 0.25) is 0 Å². The average molecular weight is 312 g/mol. The van der Waals surface area contributed by atoms with Gasteiger partial charge < -0.3 is 10.5 Å². The molecule has 0 amide bonds. The predicted octanol–water partition coefficient (Wildman–Crippen LogP) is 2.41. The Hall–Kier alpha value is -1.57. The van der Waals surface area contributed by atoms with Crippen LogP contribution < -0.4 is 15.2 Å². The second-order valence-electron chi connectivity index (χ2n) is 4.04. The summed E-state index contributed by atoms with van der Waals surface area (Å²) in [6.45, 7) is 2.79. The van der Waals surface area contributed by atoms with Crippen LogP contribution in [-0.4, -0.2) is 15.0 Å². The van der Waals surface area contributed by atoms with E-state index in [1.54, 1.807) is 35.7 Å². The molecule has 2 rings (SSSR count). The number of anilines is 1. The fourth-order valence-corrected chi connectivity index (χ4v) is 3.87. The Morgan fingerprint density at radius 1 is 1.30 bits per heavy atom. The number of sulfonamides is 1. The van der Waals surface area contributed by atoms with Gasteiger partial charge in [0.2, 0.25) is 0 Å². The molecule has 1 heterocycles. The minimum absolute atomic E-state index is 0.256. The molecule has 0 aliphatic heterocycles. The van der Waals surface area contributed by atoms with Gasteiger partial charge >= 0.3 is 0 Å². The third-order valence-corrected chi connectivity index (χ3v) is 5.42. The third-order valence-electron chi connectivity index (χ3n) is 2.55. The van der Waals surface area contributed by atoms with Crippen molar-refractivity contribution in [1.29, 1.82) is 0 Å². The van der Waals surface area contributed by atoms with Gasteiger partial charge in [-0.15, -0.1) is 11.3 Å². The van der Waals surface area contributed by atoms with Crippen LogP contribution in [0.3, 0.4) is 0 Å². The molecule has 1 aromatic heterocycles. The first kappa shape index (κ1) is 14.8. The first-order chi connectivity index (χ1) is 9.55. The van der Waals surface area contributed by atoms with E-state index in [1.807, 2.05) is 6.92 Å². The number of ether oxygens (including phenoxy) is 1. The van der Waals surface area contributed by atoms with Crippen molar-refractivity contribution in [3.05, 3.63) is 41.3 Å². The summed E-state index contributed by atoms with van der Waals surface area (Å²) < 4.78 is 32.4. The number of rotatable bonds is 6. The molecular weight excluding hydrogens is 296 g/mol. The van der Waals surface area contributed by atoms with Crippen molar-refractivity contribution in [3.63, 3.8) is 0 Å². The lowest BCUT2D eigenvalue weighted by atomic mass is 10.3. The van der Waals surface area contributed by atoms with Crippen molar-refractivity contribution in [2.24, 2.45) is 5.73 Å². The second-order valence-corrected chi connectivity index (χ2v) is 6.86. The van der Waals surface area contributed by atoms with E-state index in [-0.39, 0.29) is 4.21 Å². The van der Waals surface area contributed by atoms with Crippen molar-refractivity contribution in [2.75, 3.05) is 11.3 Å². The van der Waals surface area contributed by atoms with Gasteiger partial charge in [-0.05, 0) is 48.2 Å². The van der Waals surface area contributed by atoms with E-state index in [4.69, 9.17) is 10.5 Å². The van der Waals surface area contributed by atoms with Crippen LogP contribution in [0.4, 0.5) is 5.69 Å². The number of hydrogen-bond donors (Lipinski definition) is 2. The van der Waals surface area contributed by atoms with E-state index in [2.05, 4.69) is 4.72 Å². The summed E-state index contributed by atoms with van der Waals surface area (Å²) in [6.07, 6.45) is 0. The molecule has 0 bridgehead atoms. The highest BCUT2D eigenvalue weighted by Crippen LogP contribution is 2.24. The Labute approximate surface area is 122 Å². The highest BCUT2D eigenvalue weighted by Gasteiger charge is 2.16. The quantitative estimate of drug-likeness (QED) is 0.858. The van der Waals surface area contributed by atoms with Gasteiger partial charge in [0.25, 0.3) is 10.0 Å². The lowest BCUT2D eigenvalue weighted by Crippen LogP contribution is -2.11. The molecule has 20 heavy (non-hydrogen) atoms. The molecule has 108 valence electrons. The Bertz CT molecular complexity index is 663. The Kier molecular flexibility index (Phi) is 4.64. The highest BCUT2D eigenvalue weighted by molar-refractivity contribution is 7.94. The van der Waals surface area contributed by atoms with Crippen molar-refractivity contribution in [3.8, 4) is 5.75 Å². The summed E-state index contributed by atoms with van der Waals surface area (Å²) in [7, 11) is -3.56. The molecule has 0 saturated carbocycles. The summed E-state index contributed by atoms with van der Waals surface area (Å²) in [6, 6.07) is 8.36. The maximum atomic E-state index is 12.2. The van der Waals surface area contributed by atoms with Gasteiger partial charge in [0.15, 0.2) is 0 Å². The van der Waals surface area contributed by atoms with Crippen molar-refractivity contribution < 1.29 is 13.2 Å². The highest BCUT2D eigenvalue weighted by atomic mass is 32.2. The molecule has 0 aliphatic rings. The Morgan fingerprint density at radius 2 is 2.00 bits per heavy atom. The Balaban J connectivity index is 2.15. The zero-order chi connectivity index (χ0) is 14.6. The van der Waals surface area contributed by atoms with Crippen LogP contribution in [0, 0.1) is 0 Å². The maximum Gasteiger partial charge on any atom is 0.271 e. The molecule has 0 radical (unpaired) electrons. The van der Waals surface area contributed by atoms with Crippen LogP contribution in [0.5, 0.6) is 5.75 Å². The monoisotopic (exact) mass is 312 g/mol. The third kappa shape index (κ3) is 3.50. The second kappa shape index (κ2) is 6.25. The van der Waals surface area contributed by atoms with Crippen LogP contribution in [0.25, 0.3) is 0 Å². The normalized spacial score (nSPS) is 11.3. The molecule has 0 fully saturated rings. The zero-order valence-electron chi connectivity index (χ0n) is 11.0. The van der Waals surface area contributed by atoms with E-state index in [0.29, 0.717) is 24.6 Å². The van der Waals surface area contributed by atoms with Gasteiger partial charge in [0.05, 0.1) is 6.61 Å². The van der Waals surface area contributed by atoms with Crippen LogP contribution >= 0.6 is 11.3 Å². The first-order valence-electron chi connectivity index (χ1n) is 6.08. The molecule has 0 saturated heterocycles. The molecule has 5 nitrogen and oxygen atoms in total. The molecule has 0 atom stereocenters. The number of nitrogens with two attached hydrogens (primary N) is 1. The van der Waals surface area contributed by atoms with E-state index in [0.717, 1.165) is 16.9 Å². The van der Waals surface area contributed by atoms with Crippen LogP contribution in [0.15, 0.2) is 39.9 Å². The van der Waals surface area contributed by atoms with E-state index in [1.165, 1.54) is 0 Å². The van der Waals surface area contributed by atoms with Crippen molar-refractivity contribution >= 4 is 27.0 Å². The summed E-state index contributed by atoms with van der Waals surface area (Å²) in [5, 5.41) is 1.74. The van der Waals surface area contributed by atoms with Gasteiger partial charge in [0.1, 0.15) is 9.96 Å². The largest absolute Gasteiger partial charge is 0.494 e. The molecule has 0 unspecified atom stereocenters. The molecule has 3 N–H and O–H groups in total. The lowest BCUT2D eigenvalue weighted by Gasteiger charge is -2.07. The topological polar surface area (TPSA) is 81.4 Å². The average Bonchev–Trinajstić information content (AvgIpc) is 2.91. The van der Waals surface area contributed by atoms with Gasteiger partial charge in [-0.25, -0.2) is 8.42 Å². The molecule has 1 aromatic carbocycles. The number of nitrogens with one attached hydrogen (secondary N) is 1. The minimum atomic E-state index is -3.56. The SMILES string of the molecule is CCOc1ccc(NS(=O)(=O)c2cc(CN)cs2)cc1. The van der Waals surface area contributed by atoms with E-state index < -0.39 is 10.0 Å². The number of thiophene rings is 1. The van der Waals surface area contributed by atoms with Crippen molar-refractivity contribution in [2.45, 2.75) is 17.7 Å². The first-order valence-corrected chi connectivity index (χ1v) is 8.44. The maximum absolute atomic E-state index is 12.2. The van der Waals surface area contributed by atoms with Gasteiger partial charge in [-0.1, -0.05) is 0 Å². The molecular formula is C13H16N2O3S2. The van der Waals surface area contributed by atoms with Crippen LogP contribution in [-0.2, 0) is 16.6 Å². The molecule has 2 aromatic rings. The molecule has 7 heteroatoms. The number of benzene rings is 1. The van der Waals surface area contributed by atoms with E-state index >= 15 is 0 Å². The van der Waals surface area contributed by atoms with Gasteiger partial charge in [0, 0.05) is 12.2 Å². The number of hydrogen-bond acceptors (Lipinski definition) is 5. The summed E-state index contributed by atoms with van der Waals surface area (Å²) in [5.74, 6) is 0.706. The summed E-state index contributed by atoms with van der Waals surface area (Å²) in [5.41, 5.74) is 6.79. The Morgan fingerprint density at radius 3 is 2.55 bits per heavy atom. The van der Waals surface area contributed by atoms with E-state index in [9.17, 15) is 8.42 Å². The van der Waals surface area contributed by atoms with Crippen molar-refractivity contribution in [1.82, 2.24) is 0 Å². The van der Waals surface area contributed by atoms with Gasteiger partial charge in [-0.3, -0.25) is 4.72 Å². The fraction of sp³-hybridized carbons (Fsp3) is 0.231. The zero-order valence-corrected chi connectivity index (χ0v) is 12.6. The summed E-state index contributed by atoms with van der Waals surface area (Å²) in [4.78, 5) is 0. The lowest BCUT2D eigenvalue weighted by molar-refractivity contribution is 0.340.